The molecule has 0 radical (unpaired) electrons. The van der Waals surface area contributed by atoms with Crippen LogP contribution in [0.3, 0.4) is 0 Å². The van der Waals surface area contributed by atoms with Crippen molar-refractivity contribution >= 4 is 5.69 Å². The molecule has 136 valence electrons. The van der Waals surface area contributed by atoms with Gasteiger partial charge < -0.3 is 9.32 Å². The number of alkyl halides is 3. The molecule has 3 rings (SSSR count). The highest BCUT2D eigenvalue weighted by atomic mass is 19.4. The van der Waals surface area contributed by atoms with Crippen molar-refractivity contribution in [1.82, 2.24) is 15.1 Å². The van der Waals surface area contributed by atoms with Gasteiger partial charge in [-0.3, -0.25) is 4.90 Å². The van der Waals surface area contributed by atoms with E-state index >= 15 is 0 Å². The molecule has 0 atom stereocenters. The zero-order chi connectivity index (χ0) is 18.0. The number of hydrogen-bond donors (Lipinski definition) is 0. The molecule has 0 bridgehead atoms. The van der Waals surface area contributed by atoms with Crippen molar-refractivity contribution in [3.05, 3.63) is 41.6 Å². The lowest BCUT2D eigenvalue weighted by atomic mass is 10.1. The van der Waals surface area contributed by atoms with Gasteiger partial charge in [-0.2, -0.15) is 13.2 Å². The third-order valence-electron chi connectivity index (χ3n) is 4.25. The first-order valence-electron chi connectivity index (χ1n) is 8.30. The molecule has 8 heteroatoms. The Bertz CT molecular complexity index is 706. The number of anilines is 1. The Kier molecular flexibility index (Phi) is 4.99. The molecular weight excluding hydrogens is 333 g/mol. The van der Waals surface area contributed by atoms with Crippen molar-refractivity contribution in [1.29, 1.82) is 0 Å². The Morgan fingerprint density at radius 3 is 2.44 bits per heavy atom. The van der Waals surface area contributed by atoms with Crippen molar-refractivity contribution in [3.8, 4) is 0 Å². The van der Waals surface area contributed by atoms with E-state index in [0.717, 1.165) is 19.2 Å². The van der Waals surface area contributed by atoms with Gasteiger partial charge in [-0.05, 0) is 18.2 Å². The van der Waals surface area contributed by atoms with Crippen LogP contribution in [0.4, 0.5) is 18.9 Å². The van der Waals surface area contributed by atoms with E-state index in [-0.39, 0.29) is 5.92 Å². The molecule has 0 saturated carbocycles. The Morgan fingerprint density at radius 1 is 1.12 bits per heavy atom. The van der Waals surface area contributed by atoms with Gasteiger partial charge in [-0.25, -0.2) is 0 Å². The Hall–Kier alpha value is -2.09. The summed E-state index contributed by atoms with van der Waals surface area (Å²) in [6.07, 6.45) is -4.32. The average Bonchev–Trinajstić information content (AvgIpc) is 3.04. The summed E-state index contributed by atoms with van der Waals surface area (Å²) in [6.45, 7) is 7.33. The number of halogens is 3. The van der Waals surface area contributed by atoms with Crippen LogP contribution in [-0.2, 0) is 12.7 Å². The highest BCUT2D eigenvalue weighted by molar-refractivity contribution is 5.49. The highest BCUT2D eigenvalue weighted by Gasteiger charge is 2.31. The largest absolute Gasteiger partial charge is 0.424 e. The molecule has 1 aromatic carbocycles. The standard InChI is InChI=1S/C17H21F3N4O/c1-12(2)16-22-21-15(25-16)11-23-6-8-24(9-7-23)14-5-3-4-13(10-14)17(18,19)20/h3-5,10,12H,6-9,11H2,1-2H3. The lowest BCUT2D eigenvalue weighted by Gasteiger charge is -2.35. The highest BCUT2D eigenvalue weighted by Crippen LogP contribution is 2.31. The zero-order valence-corrected chi connectivity index (χ0v) is 14.3. The van der Waals surface area contributed by atoms with E-state index in [1.807, 2.05) is 18.7 Å². The van der Waals surface area contributed by atoms with Crippen molar-refractivity contribution in [3.63, 3.8) is 0 Å². The predicted molar refractivity (Wildman–Crippen MR) is 87.3 cm³/mol. The number of nitrogens with zero attached hydrogens (tertiary/aromatic N) is 4. The summed E-state index contributed by atoms with van der Waals surface area (Å²) in [5.41, 5.74) is -0.00568. The molecule has 25 heavy (non-hydrogen) atoms. The monoisotopic (exact) mass is 354 g/mol. The van der Waals surface area contributed by atoms with Crippen molar-refractivity contribution in [2.45, 2.75) is 32.5 Å². The first-order valence-corrected chi connectivity index (χ1v) is 8.30. The molecule has 0 N–H and O–H groups in total. The second-order valence-electron chi connectivity index (χ2n) is 6.50. The Labute approximate surface area is 144 Å². The van der Waals surface area contributed by atoms with Crippen molar-refractivity contribution < 1.29 is 17.6 Å². The molecule has 0 spiro atoms. The smallest absolute Gasteiger partial charge is 0.416 e. The van der Waals surface area contributed by atoms with E-state index < -0.39 is 11.7 Å². The van der Waals surface area contributed by atoms with E-state index in [4.69, 9.17) is 4.42 Å². The fraction of sp³-hybridized carbons (Fsp3) is 0.529. The molecule has 0 unspecified atom stereocenters. The van der Waals surface area contributed by atoms with Crippen LogP contribution in [0.1, 0.15) is 37.1 Å². The summed E-state index contributed by atoms with van der Waals surface area (Å²) in [6, 6.07) is 5.48. The summed E-state index contributed by atoms with van der Waals surface area (Å²) >= 11 is 0. The summed E-state index contributed by atoms with van der Waals surface area (Å²) in [5, 5.41) is 8.07. The van der Waals surface area contributed by atoms with Crippen LogP contribution in [0.2, 0.25) is 0 Å². The van der Waals surface area contributed by atoms with Crippen LogP contribution in [0.25, 0.3) is 0 Å². The number of hydrogen-bond acceptors (Lipinski definition) is 5. The first kappa shape index (κ1) is 17.7. The van der Waals surface area contributed by atoms with Crippen LogP contribution in [0, 0.1) is 0 Å². The molecule has 2 aromatic rings. The minimum atomic E-state index is -4.32. The molecule has 1 aromatic heterocycles. The molecule has 1 aliphatic heterocycles. The lowest BCUT2D eigenvalue weighted by molar-refractivity contribution is -0.137. The van der Waals surface area contributed by atoms with Gasteiger partial charge in [-0.1, -0.05) is 19.9 Å². The molecule has 5 nitrogen and oxygen atoms in total. The normalized spacial score (nSPS) is 16.6. The maximum Gasteiger partial charge on any atom is 0.416 e. The number of benzene rings is 1. The van der Waals surface area contributed by atoms with Gasteiger partial charge in [0, 0.05) is 37.8 Å². The molecular formula is C17H21F3N4O. The average molecular weight is 354 g/mol. The number of aromatic nitrogens is 2. The van der Waals surface area contributed by atoms with Crippen LogP contribution in [-0.4, -0.2) is 41.3 Å². The molecule has 2 heterocycles. The third kappa shape index (κ3) is 4.31. The molecule has 1 saturated heterocycles. The van der Waals surface area contributed by atoms with E-state index in [1.165, 1.54) is 12.1 Å². The molecule has 1 fully saturated rings. The van der Waals surface area contributed by atoms with Gasteiger partial charge in [-0.15, -0.1) is 10.2 Å². The first-order chi connectivity index (χ1) is 11.8. The second kappa shape index (κ2) is 7.03. The van der Waals surface area contributed by atoms with E-state index in [9.17, 15) is 13.2 Å². The zero-order valence-electron chi connectivity index (χ0n) is 14.3. The third-order valence-corrected chi connectivity index (χ3v) is 4.25. The predicted octanol–water partition coefficient (Wildman–Crippen LogP) is 3.53. The fourth-order valence-electron chi connectivity index (χ4n) is 2.80. The van der Waals surface area contributed by atoms with Gasteiger partial charge in [0.2, 0.25) is 11.8 Å². The maximum atomic E-state index is 12.8. The molecule has 0 amide bonds. The molecule has 1 aliphatic rings. The minimum Gasteiger partial charge on any atom is -0.424 e. The second-order valence-corrected chi connectivity index (χ2v) is 6.50. The number of piperazine rings is 1. The van der Waals surface area contributed by atoms with Gasteiger partial charge in [0.05, 0.1) is 12.1 Å². The van der Waals surface area contributed by atoms with Crippen LogP contribution in [0.15, 0.2) is 28.7 Å². The minimum absolute atomic E-state index is 0.194. The maximum absolute atomic E-state index is 12.8. The lowest BCUT2D eigenvalue weighted by Crippen LogP contribution is -2.46. The van der Waals surface area contributed by atoms with Crippen molar-refractivity contribution in [2.24, 2.45) is 0 Å². The van der Waals surface area contributed by atoms with Crippen LogP contribution >= 0.6 is 0 Å². The number of rotatable bonds is 4. The SMILES string of the molecule is CC(C)c1nnc(CN2CCN(c3cccc(C(F)(F)F)c3)CC2)o1. The summed E-state index contributed by atoms with van der Waals surface area (Å²) < 4.78 is 44.2. The molecule has 0 aliphatic carbocycles. The van der Waals surface area contributed by atoms with E-state index in [2.05, 4.69) is 15.1 Å². The van der Waals surface area contributed by atoms with Gasteiger partial charge in [0.25, 0.3) is 0 Å². The van der Waals surface area contributed by atoms with Crippen LogP contribution < -0.4 is 4.90 Å². The van der Waals surface area contributed by atoms with Crippen LogP contribution in [0.5, 0.6) is 0 Å². The van der Waals surface area contributed by atoms with E-state index in [1.54, 1.807) is 6.07 Å². The van der Waals surface area contributed by atoms with Gasteiger partial charge in [0.1, 0.15) is 0 Å². The summed E-state index contributed by atoms with van der Waals surface area (Å²) in [4.78, 5) is 4.14. The fourth-order valence-corrected chi connectivity index (χ4v) is 2.80. The summed E-state index contributed by atoms with van der Waals surface area (Å²) in [5.74, 6) is 1.40. The summed E-state index contributed by atoms with van der Waals surface area (Å²) in [7, 11) is 0. The van der Waals surface area contributed by atoms with Gasteiger partial charge >= 0.3 is 6.18 Å². The van der Waals surface area contributed by atoms with Crippen molar-refractivity contribution in [2.75, 3.05) is 31.1 Å². The van der Waals surface area contributed by atoms with E-state index in [0.29, 0.717) is 37.1 Å². The Balaban J connectivity index is 1.58. The quantitative estimate of drug-likeness (QED) is 0.840. The topological polar surface area (TPSA) is 45.4 Å². The Morgan fingerprint density at radius 2 is 1.84 bits per heavy atom. The van der Waals surface area contributed by atoms with Gasteiger partial charge in [0.15, 0.2) is 0 Å².